The van der Waals surface area contributed by atoms with Crippen LogP contribution >= 0.6 is 23.5 Å². The lowest BCUT2D eigenvalue weighted by molar-refractivity contribution is 0.538. The molecular weight excluding hydrogens is 270 g/mol. The minimum Gasteiger partial charge on any atom is -0.309 e. The molecule has 1 unspecified atom stereocenters. The highest BCUT2D eigenvalue weighted by atomic mass is 32.2. The van der Waals surface area contributed by atoms with E-state index >= 15 is 0 Å². The van der Waals surface area contributed by atoms with E-state index in [4.69, 9.17) is 0 Å². The number of unbranched alkanes of at least 4 members (excludes halogenated alkanes) is 3. The molecule has 3 heteroatoms. The predicted molar refractivity (Wildman–Crippen MR) is 90.2 cm³/mol. The lowest BCUT2D eigenvalue weighted by Crippen LogP contribution is -2.27. The second kappa shape index (κ2) is 8.93. The topological polar surface area (TPSA) is 12.0 Å². The Bertz CT molecular complexity index is 368. The van der Waals surface area contributed by atoms with Gasteiger partial charge in [0, 0.05) is 17.5 Å². The highest BCUT2D eigenvalue weighted by Gasteiger charge is 2.18. The molecule has 0 aliphatic carbocycles. The van der Waals surface area contributed by atoms with Gasteiger partial charge in [-0.1, -0.05) is 37.1 Å². The van der Waals surface area contributed by atoms with Crippen molar-refractivity contribution in [1.82, 2.24) is 5.32 Å². The molecule has 0 saturated carbocycles. The lowest BCUT2D eigenvalue weighted by atomic mass is 10.0. The zero-order valence-corrected chi connectivity index (χ0v) is 13.5. The zero-order valence-electron chi connectivity index (χ0n) is 11.9. The third kappa shape index (κ3) is 5.05. The van der Waals surface area contributed by atoms with Gasteiger partial charge in [-0.05, 0) is 42.5 Å². The molecule has 1 heterocycles. The number of thioether (sulfide) groups is 2. The van der Waals surface area contributed by atoms with E-state index < -0.39 is 0 Å². The second-order valence-corrected chi connectivity index (χ2v) is 7.14. The molecule has 1 aliphatic heterocycles. The maximum atomic E-state index is 3.74. The number of rotatable bonds is 8. The summed E-state index contributed by atoms with van der Waals surface area (Å²) in [4.78, 5) is 0. The fourth-order valence-electron chi connectivity index (χ4n) is 2.55. The Balaban J connectivity index is 1.67. The van der Waals surface area contributed by atoms with Crippen molar-refractivity contribution in [3.8, 4) is 0 Å². The van der Waals surface area contributed by atoms with Crippen LogP contribution in [0.2, 0.25) is 0 Å². The Hall–Kier alpha value is -0.120. The summed E-state index contributed by atoms with van der Waals surface area (Å²) in [6.07, 6.45) is 7.65. The normalized spacial score (nSPS) is 18.3. The van der Waals surface area contributed by atoms with Crippen LogP contribution < -0.4 is 5.32 Å². The third-order valence-electron chi connectivity index (χ3n) is 3.64. The van der Waals surface area contributed by atoms with Crippen molar-refractivity contribution < 1.29 is 0 Å². The van der Waals surface area contributed by atoms with E-state index in [2.05, 4.69) is 47.6 Å². The maximum absolute atomic E-state index is 3.74. The summed E-state index contributed by atoms with van der Waals surface area (Å²) < 4.78 is 0. The van der Waals surface area contributed by atoms with Gasteiger partial charge in [0.25, 0.3) is 0 Å². The van der Waals surface area contributed by atoms with E-state index in [9.17, 15) is 0 Å². The van der Waals surface area contributed by atoms with Crippen LogP contribution in [0.15, 0.2) is 24.3 Å². The smallest absolute Gasteiger partial charge is 0.0415 e. The molecule has 0 fully saturated rings. The number of hydrogen-bond donors (Lipinski definition) is 1. The third-order valence-corrected chi connectivity index (χ3v) is 5.42. The molecule has 0 spiro atoms. The van der Waals surface area contributed by atoms with Crippen molar-refractivity contribution in [2.24, 2.45) is 0 Å². The monoisotopic (exact) mass is 295 g/mol. The van der Waals surface area contributed by atoms with Crippen LogP contribution in [0.25, 0.3) is 0 Å². The average Bonchev–Trinajstić information content (AvgIpc) is 2.46. The van der Waals surface area contributed by atoms with Crippen molar-refractivity contribution in [2.75, 3.05) is 24.3 Å². The van der Waals surface area contributed by atoms with Crippen molar-refractivity contribution >= 4 is 23.5 Å². The van der Waals surface area contributed by atoms with Gasteiger partial charge in [0.1, 0.15) is 0 Å². The maximum Gasteiger partial charge on any atom is 0.0415 e. The first-order valence-electron chi connectivity index (χ1n) is 7.29. The average molecular weight is 296 g/mol. The number of hydrogen-bond acceptors (Lipinski definition) is 3. The first-order valence-corrected chi connectivity index (χ1v) is 9.84. The molecule has 0 saturated heterocycles. The molecule has 1 N–H and O–H groups in total. The fourth-order valence-corrected chi connectivity index (χ4v) is 4.18. The van der Waals surface area contributed by atoms with Gasteiger partial charge in [0.2, 0.25) is 0 Å². The van der Waals surface area contributed by atoms with Crippen LogP contribution in [-0.4, -0.2) is 24.3 Å². The van der Waals surface area contributed by atoms with E-state index in [-0.39, 0.29) is 0 Å². The summed E-state index contributed by atoms with van der Waals surface area (Å²) in [5, 5.41) is 3.74. The summed E-state index contributed by atoms with van der Waals surface area (Å²) in [5.41, 5.74) is 3.06. The van der Waals surface area contributed by atoms with Crippen molar-refractivity contribution in [3.63, 3.8) is 0 Å². The quantitative estimate of drug-likeness (QED) is 0.710. The predicted octanol–water partition coefficient (Wildman–Crippen LogP) is 4.49. The Kier molecular flexibility index (Phi) is 7.18. The highest BCUT2D eigenvalue weighted by molar-refractivity contribution is 7.98. The van der Waals surface area contributed by atoms with Crippen LogP contribution in [0.1, 0.15) is 42.9 Å². The van der Waals surface area contributed by atoms with Gasteiger partial charge in [-0.2, -0.15) is 23.5 Å². The summed E-state index contributed by atoms with van der Waals surface area (Å²) in [6.45, 7) is 1.17. The largest absolute Gasteiger partial charge is 0.309 e. The van der Waals surface area contributed by atoms with Crippen LogP contribution in [0.3, 0.4) is 0 Å². The number of fused-ring (bicyclic) bond motifs is 1. The van der Waals surface area contributed by atoms with Gasteiger partial charge in [-0.25, -0.2) is 0 Å². The summed E-state index contributed by atoms with van der Waals surface area (Å²) in [7, 11) is 0. The second-order valence-electron chi connectivity index (χ2n) is 5.13. The van der Waals surface area contributed by atoms with Crippen LogP contribution in [0.5, 0.6) is 0 Å². The zero-order chi connectivity index (χ0) is 13.3. The van der Waals surface area contributed by atoms with E-state index in [0.29, 0.717) is 6.04 Å². The Morgan fingerprint density at radius 2 is 2.05 bits per heavy atom. The molecule has 1 aromatic carbocycles. The SMILES string of the molecule is CSCCCCCCNC1CSCc2ccccc21. The van der Waals surface area contributed by atoms with Crippen molar-refractivity contribution in [3.05, 3.63) is 35.4 Å². The Morgan fingerprint density at radius 3 is 2.95 bits per heavy atom. The first-order chi connectivity index (χ1) is 9.42. The van der Waals surface area contributed by atoms with Gasteiger partial charge in [-0.15, -0.1) is 0 Å². The molecule has 1 aliphatic rings. The van der Waals surface area contributed by atoms with Gasteiger partial charge in [0.15, 0.2) is 0 Å². The molecule has 1 aromatic rings. The van der Waals surface area contributed by atoms with Gasteiger partial charge >= 0.3 is 0 Å². The fraction of sp³-hybridized carbons (Fsp3) is 0.625. The Labute approximate surface area is 126 Å². The van der Waals surface area contributed by atoms with E-state index in [1.54, 1.807) is 0 Å². The molecule has 0 amide bonds. The van der Waals surface area contributed by atoms with Gasteiger partial charge in [-0.3, -0.25) is 0 Å². The van der Waals surface area contributed by atoms with Crippen molar-refractivity contribution in [1.29, 1.82) is 0 Å². The molecule has 19 heavy (non-hydrogen) atoms. The van der Waals surface area contributed by atoms with Crippen LogP contribution in [0, 0.1) is 0 Å². The number of nitrogens with one attached hydrogen (secondary N) is 1. The molecule has 0 radical (unpaired) electrons. The van der Waals surface area contributed by atoms with Gasteiger partial charge < -0.3 is 5.32 Å². The molecule has 1 atom stereocenters. The molecule has 1 nitrogen and oxygen atoms in total. The first kappa shape index (κ1) is 15.3. The van der Waals surface area contributed by atoms with E-state index in [0.717, 1.165) is 0 Å². The minimum absolute atomic E-state index is 0.571. The minimum atomic E-state index is 0.571. The van der Waals surface area contributed by atoms with Gasteiger partial charge in [0.05, 0.1) is 0 Å². The van der Waals surface area contributed by atoms with Crippen LogP contribution in [0.4, 0.5) is 0 Å². The molecule has 0 bridgehead atoms. The highest BCUT2D eigenvalue weighted by Crippen LogP contribution is 2.31. The van der Waals surface area contributed by atoms with Crippen molar-refractivity contribution in [2.45, 2.75) is 37.5 Å². The summed E-state index contributed by atoms with van der Waals surface area (Å²) >= 11 is 4.02. The standard InChI is InChI=1S/C16H25NS2/c1-18-11-7-3-2-6-10-17-16-13-19-12-14-8-4-5-9-15(14)16/h4-5,8-9,16-17H,2-3,6-7,10-13H2,1H3. The Morgan fingerprint density at radius 1 is 1.21 bits per heavy atom. The molecule has 0 aromatic heterocycles. The lowest BCUT2D eigenvalue weighted by Gasteiger charge is -2.26. The van der Waals surface area contributed by atoms with Crippen LogP contribution in [-0.2, 0) is 5.75 Å². The number of benzene rings is 1. The summed E-state index contributed by atoms with van der Waals surface area (Å²) in [5.74, 6) is 3.73. The molecule has 106 valence electrons. The molecular formula is C16H25NS2. The van der Waals surface area contributed by atoms with E-state index in [1.807, 2.05) is 11.8 Å². The summed E-state index contributed by atoms with van der Waals surface area (Å²) in [6, 6.07) is 9.48. The van der Waals surface area contributed by atoms with E-state index in [1.165, 1.54) is 60.6 Å². The molecule has 2 rings (SSSR count).